The number of rotatable bonds is 16. The van der Waals surface area contributed by atoms with Gasteiger partial charge in [-0.2, -0.15) is 0 Å². The lowest BCUT2D eigenvalue weighted by Gasteiger charge is -2.23. The number of amides is 1. The number of carbonyl (C=O) groups excluding carboxylic acids is 1. The number of hydrogen-bond acceptors (Lipinski definition) is 7. The van der Waals surface area contributed by atoms with Gasteiger partial charge in [0.05, 0.1) is 6.54 Å². The Hall–Kier alpha value is -3.90. The summed E-state index contributed by atoms with van der Waals surface area (Å²) in [4.78, 5) is 26.8. The van der Waals surface area contributed by atoms with E-state index in [1.54, 1.807) is 43.0 Å². The van der Waals surface area contributed by atoms with E-state index in [0.717, 1.165) is 16.5 Å². The van der Waals surface area contributed by atoms with Gasteiger partial charge in [-0.15, -0.1) is 24.9 Å². The highest BCUT2D eigenvalue weighted by atomic mass is 32.2. The minimum atomic E-state index is -4.95. The molecule has 12 heteroatoms. The van der Waals surface area contributed by atoms with Gasteiger partial charge in [0.25, 0.3) is 0 Å². The first-order chi connectivity index (χ1) is 20.1. The van der Waals surface area contributed by atoms with Crippen molar-refractivity contribution in [1.82, 2.24) is 4.90 Å². The second-order valence-electron chi connectivity index (χ2n) is 8.84. The van der Waals surface area contributed by atoms with Crippen LogP contribution < -0.4 is 14.2 Å². The van der Waals surface area contributed by atoms with Gasteiger partial charge >= 0.3 is 18.4 Å². The maximum Gasteiger partial charge on any atom is 0.573 e. The second kappa shape index (κ2) is 16.5. The van der Waals surface area contributed by atoms with Crippen LogP contribution in [0.4, 0.5) is 18.0 Å². The lowest BCUT2D eigenvalue weighted by molar-refractivity contribution is -0.275. The molecule has 0 aliphatic carbocycles. The molecule has 0 spiro atoms. The van der Waals surface area contributed by atoms with Crippen molar-refractivity contribution < 1.29 is 46.8 Å². The largest absolute Gasteiger partial charge is 0.573 e. The fourth-order valence-electron chi connectivity index (χ4n) is 3.79. The van der Waals surface area contributed by atoms with Crippen LogP contribution in [-0.4, -0.2) is 66.6 Å². The van der Waals surface area contributed by atoms with Crippen LogP contribution in [0.15, 0.2) is 83.8 Å². The maximum absolute atomic E-state index is 13.0. The van der Waals surface area contributed by atoms with E-state index < -0.39 is 30.3 Å². The third-order valence-electron chi connectivity index (χ3n) is 5.73. The molecule has 0 aromatic heterocycles. The van der Waals surface area contributed by atoms with Gasteiger partial charge in [-0.3, -0.25) is 0 Å². The second-order valence-corrected chi connectivity index (χ2v) is 10.0. The lowest BCUT2D eigenvalue weighted by atomic mass is 10.1. The van der Waals surface area contributed by atoms with E-state index in [0.29, 0.717) is 17.9 Å². The minimum Gasteiger partial charge on any atom is -0.492 e. The first-order valence-corrected chi connectivity index (χ1v) is 14.2. The third kappa shape index (κ3) is 11.5. The van der Waals surface area contributed by atoms with Crippen LogP contribution in [0.1, 0.15) is 18.9 Å². The average molecular weight is 608 g/mol. The molecule has 1 N–H and O–H groups in total. The summed E-state index contributed by atoms with van der Waals surface area (Å²) < 4.78 is 58.8. The summed E-state index contributed by atoms with van der Waals surface area (Å²) in [6, 6.07) is 21.6. The molecular weight excluding hydrogens is 575 g/mol. The van der Waals surface area contributed by atoms with Crippen LogP contribution in [0.2, 0.25) is 0 Å². The van der Waals surface area contributed by atoms with E-state index in [9.17, 15) is 27.9 Å². The number of para-hydroxylation sites is 2. The Morgan fingerprint density at radius 3 is 2.24 bits per heavy atom. The highest BCUT2D eigenvalue weighted by Crippen LogP contribution is 2.32. The highest BCUT2D eigenvalue weighted by Gasteiger charge is 2.33. The summed E-state index contributed by atoms with van der Waals surface area (Å²) in [6.45, 7) is 2.46. The number of ether oxygens (including phenoxy) is 4. The van der Waals surface area contributed by atoms with Crippen molar-refractivity contribution in [2.24, 2.45) is 0 Å². The van der Waals surface area contributed by atoms with Crippen LogP contribution in [0.25, 0.3) is 0 Å². The van der Waals surface area contributed by atoms with Gasteiger partial charge in [-0.25, -0.2) is 9.59 Å². The Balaban J connectivity index is 1.60. The maximum atomic E-state index is 13.0. The number of carboxylic acids is 1. The van der Waals surface area contributed by atoms with Crippen molar-refractivity contribution in [1.29, 1.82) is 0 Å². The first kappa shape index (κ1) is 32.6. The van der Waals surface area contributed by atoms with Crippen molar-refractivity contribution in [2.75, 3.05) is 32.1 Å². The Kier molecular flexibility index (Phi) is 12.8. The van der Waals surface area contributed by atoms with Crippen LogP contribution in [0.5, 0.6) is 17.2 Å². The Bertz CT molecular complexity index is 1260. The summed E-state index contributed by atoms with van der Waals surface area (Å²) in [5.41, 5.74) is 0.754. The molecule has 0 fully saturated rings. The SMILES string of the molecule is CCOC(Cc1ccc(OCCN(CCCSc2ccccc2)C(=O)Oc2ccccc2OC(F)(F)F)cc1)C(=O)O. The molecule has 0 aliphatic heterocycles. The highest BCUT2D eigenvalue weighted by molar-refractivity contribution is 7.99. The van der Waals surface area contributed by atoms with E-state index >= 15 is 0 Å². The first-order valence-electron chi connectivity index (χ1n) is 13.2. The number of carbonyl (C=O) groups is 2. The minimum absolute atomic E-state index is 0.0810. The number of halogens is 3. The summed E-state index contributed by atoms with van der Waals surface area (Å²) in [6.07, 6.45) is -5.95. The number of alkyl halides is 3. The van der Waals surface area contributed by atoms with Crippen molar-refractivity contribution in [3.05, 3.63) is 84.4 Å². The van der Waals surface area contributed by atoms with Gasteiger partial charge in [0, 0.05) is 24.5 Å². The summed E-state index contributed by atoms with van der Waals surface area (Å²) in [5.74, 6) is -0.823. The van der Waals surface area contributed by atoms with E-state index in [4.69, 9.17) is 14.2 Å². The molecule has 8 nitrogen and oxygen atoms in total. The molecule has 1 amide bonds. The molecule has 1 atom stereocenters. The van der Waals surface area contributed by atoms with Crippen LogP contribution in [-0.2, 0) is 16.0 Å². The Morgan fingerprint density at radius 1 is 0.929 bits per heavy atom. The molecule has 0 saturated carbocycles. The van der Waals surface area contributed by atoms with E-state index in [1.165, 1.54) is 23.1 Å². The summed E-state index contributed by atoms with van der Waals surface area (Å²) in [7, 11) is 0. The standard InChI is InChI=1S/C30H32F3NO7S/c1-2-38-27(28(35)36)21-22-13-15-23(16-14-22)39-19-18-34(17-8-20-42-24-9-4-3-5-10-24)29(37)40-25-11-6-7-12-26(25)41-30(31,32)33/h3-7,9-16,27H,2,8,17-21H2,1H3,(H,35,36). The molecular formula is C30H32F3NO7S. The molecule has 42 heavy (non-hydrogen) atoms. The zero-order chi connectivity index (χ0) is 30.4. The predicted octanol–water partition coefficient (Wildman–Crippen LogP) is 6.68. The summed E-state index contributed by atoms with van der Waals surface area (Å²) in [5, 5.41) is 9.28. The Labute approximate surface area is 246 Å². The third-order valence-corrected chi connectivity index (χ3v) is 6.83. The molecule has 3 aromatic carbocycles. The predicted molar refractivity (Wildman–Crippen MR) is 151 cm³/mol. The molecule has 1 unspecified atom stereocenters. The van der Waals surface area contributed by atoms with Gasteiger partial charge in [-0.1, -0.05) is 42.5 Å². The quantitative estimate of drug-likeness (QED) is 0.142. The van der Waals surface area contributed by atoms with E-state index in [1.807, 2.05) is 30.3 Å². The van der Waals surface area contributed by atoms with Gasteiger partial charge in [0.1, 0.15) is 12.4 Å². The number of carboxylic acid groups (broad SMARTS) is 1. The Morgan fingerprint density at radius 2 is 1.60 bits per heavy atom. The van der Waals surface area contributed by atoms with Crippen LogP contribution in [0.3, 0.4) is 0 Å². The van der Waals surface area contributed by atoms with Crippen LogP contribution in [0, 0.1) is 0 Å². The number of aliphatic carboxylic acids is 1. The van der Waals surface area contributed by atoms with Crippen LogP contribution >= 0.6 is 11.8 Å². The molecule has 0 aliphatic rings. The molecule has 226 valence electrons. The topological polar surface area (TPSA) is 94.5 Å². The van der Waals surface area contributed by atoms with Crippen molar-refractivity contribution in [3.8, 4) is 17.2 Å². The lowest BCUT2D eigenvalue weighted by Crippen LogP contribution is -2.38. The van der Waals surface area contributed by atoms with Gasteiger partial charge < -0.3 is 29.0 Å². The van der Waals surface area contributed by atoms with Crippen molar-refractivity contribution >= 4 is 23.8 Å². The van der Waals surface area contributed by atoms with Crippen molar-refractivity contribution in [3.63, 3.8) is 0 Å². The average Bonchev–Trinajstić information content (AvgIpc) is 2.95. The van der Waals surface area contributed by atoms with Gasteiger partial charge in [-0.05, 0) is 61.1 Å². The molecule has 0 saturated heterocycles. The fraction of sp³-hybridized carbons (Fsp3) is 0.333. The van der Waals surface area contributed by atoms with Crippen molar-refractivity contribution in [2.45, 2.75) is 37.1 Å². The number of thioether (sulfide) groups is 1. The zero-order valence-corrected chi connectivity index (χ0v) is 23.7. The fourth-order valence-corrected chi connectivity index (χ4v) is 4.65. The number of hydrogen-bond donors (Lipinski definition) is 1. The molecule has 0 bridgehead atoms. The number of benzene rings is 3. The van der Waals surface area contributed by atoms with Gasteiger partial charge in [0.2, 0.25) is 0 Å². The van der Waals surface area contributed by atoms with Gasteiger partial charge in [0.15, 0.2) is 17.6 Å². The van der Waals surface area contributed by atoms with E-state index in [-0.39, 0.29) is 38.5 Å². The normalized spacial score (nSPS) is 11.9. The van der Waals surface area contributed by atoms with E-state index in [2.05, 4.69) is 4.74 Å². The molecule has 3 aromatic rings. The number of nitrogens with zero attached hydrogens (tertiary/aromatic N) is 1. The monoisotopic (exact) mass is 607 g/mol. The zero-order valence-electron chi connectivity index (χ0n) is 22.9. The smallest absolute Gasteiger partial charge is 0.492 e. The molecule has 0 heterocycles. The summed E-state index contributed by atoms with van der Waals surface area (Å²) >= 11 is 1.62. The molecule has 0 radical (unpaired) electrons. The molecule has 3 rings (SSSR count).